The van der Waals surface area contributed by atoms with E-state index in [1.807, 2.05) is 13.8 Å². The molecule has 5 nitrogen and oxygen atoms in total. The normalized spacial score (nSPS) is 12.8. The summed E-state index contributed by atoms with van der Waals surface area (Å²) in [7, 11) is 0. The molecule has 0 rings (SSSR count). The highest BCUT2D eigenvalue weighted by Gasteiger charge is 2.22. The number of carbonyl (C=O) groups excluding carboxylic acids is 2. The fourth-order valence-electron chi connectivity index (χ4n) is 1.10. The van der Waals surface area contributed by atoms with Gasteiger partial charge in [-0.15, -0.1) is 0 Å². The summed E-state index contributed by atoms with van der Waals surface area (Å²) in [5.41, 5.74) is -0.552. The third-order valence-corrected chi connectivity index (χ3v) is 1.77. The van der Waals surface area contributed by atoms with Gasteiger partial charge in [0, 0.05) is 6.54 Å². The summed E-state index contributed by atoms with van der Waals surface area (Å²) >= 11 is 0. The Morgan fingerprint density at radius 3 is 2.19 bits per heavy atom. The van der Waals surface area contributed by atoms with Gasteiger partial charge in [-0.2, -0.15) is 0 Å². The number of carbonyl (C=O) groups is 2. The van der Waals surface area contributed by atoms with Crippen LogP contribution in [0.3, 0.4) is 0 Å². The molecule has 0 saturated heterocycles. The van der Waals surface area contributed by atoms with Gasteiger partial charge in [0.25, 0.3) is 0 Å². The number of ether oxygens (including phenoxy) is 1. The van der Waals surface area contributed by atoms with Crippen molar-refractivity contribution in [3.63, 3.8) is 0 Å². The Morgan fingerprint density at radius 1 is 1.25 bits per heavy atom. The van der Waals surface area contributed by atoms with E-state index in [2.05, 4.69) is 10.6 Å². The van der Waals surface area contributed by atoms with E-state index in [-0.39, 0.29) is 5.91 Å². The summed E-state index contributed by atoms with van der Waals surface area (Å²) in [6, 6.07) is -0.533. The second-order valence-electron chi connectivity index (χ2n) is 4.50. The van der Waals surface area contributed by atoms with Crippen molar-refractivity contribution in [2.24, 2.45) is 0 Å². The molecule has 0 fully saturated rings. The largest absolute Gasteiger partial charge is 0.444 e. The van der Waals surface area contributed by atoms with Crippen molar-refractivity contribution < 1.29 is 14.3 Å². The molecule has 0 aliphatic heterocycles. The first kappa shape index (κ1) is 14.7. The Bertz CT molecular complexity index is 246. The molecule has 0 spiro atoms. The zero-order valence-corrected chi connectivity index (χ0v) is 10.7. The smallest absolute Gasteiger partial charge is 0.408 e. The van der Waals surface area contributed by atoms with Gasteiger partial charge in [-0.3, -0.25) is 4.79 Å². The topological polar surface area (TPSA) is 67.4 Å². The van der Waals surface area contributed by atoms with Crippen LogP contribution in [-0.4, -0.2) is 30.2 Å². The first-order chi connectivity index (χ1) is 7.30. The molecule has 0 radical (unpaired) electrons. The summed E-state index contributed by atoms with van der Waals surface area (Å²) < 4.78 is 5.07. The molecule has 0 bridgehead atoms. The van der Waals surface area contributed by atoms with Gasteiger partial charge in [0.15, 0.2) is 0 Å². The Balaban J connectivity index is 4.22. The number of amides is 2. The van der Waals surface area contributed by atoms with Crippen molar-refractivity contribution in [2.45, 2.75) is 52.7 Å². The summed E-state index contributed by atoms with van der Waals surface area (Å²) in [4.78, 5) is 22.9. The molecule has 1 unspecified atom stereocenters. The Kier molecular flexibility index (Phi) is 5.85. The summed E-state index contributed by atoms with van der Waals surface area (Å²) in [6.07, 6.45) is -0.0314. The first-order valence-electron chi connectivity index (χ1n) is 5.57. The van der Waals surface area contributed by atoms with Crippen molar-refractivity contribution >= 4 is 12.0 Å². The third kappa shape index (κ3) is 6.27. The maximum absolute atomic E-state index is 11.5. The van der Waals surface area contributed by atoms with Gasteiger partial charge in [-0.1, -0.05) is 6.92 Å². The molecule has 16 heavy (non-hydrogen) atoms. The zero-order chi connectivity index (χ0) is 12.8. The van der Waals surface area contributed by atoms with Crippen molar-refractivity contribution in [3.05, 3.63) is 0 Å². The Labute approximate surface area is 96.9 Å². The van der Waals surface area contributed by atoms with E-state index in [0.29, 0.717) is 13.0 Å². The molecule has 0 heterocycles. The van der Waals surface area contributed by atoms with Crippen LogP contribution in [0.2, 0.25) is 0 Å². The van der Waals surface area contributed by atoms with E-state index < -0.39 is 17.7 Å². The predicted molar refractivity (Wildman–Crippen MR) is 62.1 cm³/mol. The van der Waals surface area contributed by atoms with E-state index in [9.17, 15) is 9.59 Å². The molecule has 0 aromatic heterocycles. The van der Waals surface area contributed by atoms with E-state index in [4.69, 9.17) is 4.74 Å². The Hall–Kier alpha value is -1.26. The van der Waals surface area contributed by atoms with E-state index in [1.54, 1.807) is 20.8 Å². The highest BCUT2D eigenvalue weighted by atomic mass is 16.6. The van der Waals surface area contributed by atoms with Crippen LogP contribution in [0.1, 0.15) is 41.0 Å². The molecule has 1 atom stereocenters. The summed E-state index contributed by atoms with van der Waals surface area (Å²) in [5.74, 6) is -0.184. The van der Waals surface area contributed by atoms with Gasteiger partial charge in [-0.25, -0.2) is 4.79 Å². The number of hydrogen-bond donors (Lipinski definition) is 2. The minimum atomic E-state index is -0.564. The van der Waals surface area contributed by atoms with Gasteiger partial charge < -0.3 is 15.4 Å². The lowest BCUT2D eigenvalue weighted by atomic mass is 10.2. The minimum Gasteiger partial charge on any atom is -0.444 e. The maximum atomic E-state index is 11.5. The molecule has 0 aliphatic rings. The van der Waals surface area contributed by atoms with Crippen LogP contribution < -0.4 is 10.6 Å². The van der Waals surface area contributed by atoms with E-state index >= 15 is 0 Å². The molecule has 0 aliphatic carbocycles. The van der Waals surface area contributed by atoms with Gasteiger partial charge in [-0.05, 0) is 34.1 Å². The second kappa shape index (κ2) is 6.35. The van der Waals surface area contributed by atoms with Crippen LogP contribution in [0.25, 0.3) is 0 Å². The van der Waals surface area contributed by atoms with Crippen LogP contribution in [0.15, 0.2) is 0 Å². The van der Waals surface area contributed by atoms with Gasteiger partial charge >= 0.3 is 6.09 Å². The fraction of sp³-hybridized carbons (Fsp3) is 0.818. The molecule has 2 amide bonds. The van der Waals surface area contributed by atoms with Crippen LogP contribution in [0.4, 0.5) is 4.79 Å². The highest BCUT2D eigenvalue weighted by molar-refractivity contribution is 5.85. The van der Waals surface area contributed by atoms with Crippen LogP contribution >= 0.6 is 0 Å². The first-order valence-corrected chi connectivity index (χ1v) is 5.57. The number of alkyl carbamates (subject to hydrolysis) is 1. The number of rotatable bonds is 4. The molecule has 0 saturated carbocycles. The van der Waals surface area contributed by atoms with Gasteiger partial charge in [0.05, 0.1) is 0 Å². The SMILES string of the molecule is CCNC(=O)C(CC)NC(=O)OC(C)(C)C. The average molecular weight is 230 g/mol. The monoisotopic (exact) mass is 230 g/mol. The fourth-order valence-corrected chi connectivity index (χ4v) is 1.10. The van der Waals surface area contributed by atoms with Crippen molar-refractivity contribution in [3.8, 4) is 0 Å². The molecule has 0 aromatic carbocycles. The van der Waals surface area contributed by atoms with Gasteiger partial charge in [0.2, 0.25) is 5.91 Å². The molecular weight excluding hydrogens is 208 g/mol. The molecule has 2 N–H and O–H groups in total. The lowest BCUT2D eigenvalue weighted by Gasteiger charge is -2.22. The minimum absolute atomic E-state index is 0.184. The second-order valence-corrected chi connectivity index (χ2v) is 4.50. The van der Waals surface area contributed by atoms with Crippen molar-refractivity contribution in [2.75, 3.05) is 6.54 Å². The lowest BCUT2D eigenvalue weighted by molar-refractivity contribution is -0.123. The van der Waals surface area contributed by atoms with E-state index in [0.717, 1.165) is 0 Å². The van der Waals surface area contributed by atoms with Crippen molar-refractivity contribution in [1.29, 1.82) is 0 Å². The zero-order valence-electron chi connectivity index (χ0n) is 10.7. The predicted octanol–water partition coefficient (Wildman–Crippen LogP) is 1.43. The third-order valence-electron chi connectivity index (χ3n) is 1.77. The lowest BCUT2D eigenvalue weighted by Crippen LogP contribution is -2.47. The van der Waals surface area contributed by atoms with Gasteiger partial charge in [0.1, 0.15) is 11.6 Å². The standard InChI is InChI=1S/C11H22N2O3/c1-6-8(9(14)12-7-2)13-10(15)16-11(3,4)5/h8H,6-7H2,1-5H3,(H,12,14)(H,13,15). The summed E-state index contributed by atoms with van der Waals surface area (Å²) in [5, 5.41) is 5.19. The van der Waals surface area contributed by atoms with Crippen LogP contribution in [0, 0.1) is 0 Å². The molecule has 5 heteroatoms. The van der Waals surface area contributed by atoms with Crippen LogP contribution in [-0.2, 0) is 9.53 Å². The highest BCUT2D eigenvalue weighted by Crippen LogP contribution is 2.07. The maximum Gasteiger partial charge on any atom is 0.408 e. The Morgan fingerprint density at radius 2 is 1.81 bits per heavy atom. The molecule has 94 valence electrons. The van der Waals surface area contributed by atoms with Crippen molar-refractivity contribution in [1.82, 2.24) is 10.6 Å². The summed E-state index contributed by atoms with van der Waals surface area (Å²) in [6.45, 7) is 9.54. The quantitative estimate of drug-likeness (QED) is 0.767. The molecule has 0 aromatic rings. The molecular formula is C11H22N2O3. The number of nitrogens with one attached hydrogen (secondary N) is 2. The number of likely N-dealkylation sites (N-methyl/N-ethyl adjacent to an activating group) is 1. The number of hydrogen-bond acceptors (Lipinski definition) is 3. The van der Waals surface area contributed by atoms with E-state index in [1.165, 1.54) is 0 Å². The van der Waals surface area contributed by atoms with Crippen LogP contribution in [0.5, 0.6) is 0 Å². The average Bonchev–Trinajstić information content (AvgIpc) is 2.11.